The molecule has 0 spiro atoms. The zero-order valence-corrected chi connectivity index (χ0v) is 9.77. The molecule has 0 atom stereocenters. The average molecular weight is 281 g/mol. The largest absolute Gasteiger partial charge is 0.414 e. The SMILES string of the molecule is O=C(Cl)Oc1ccc(C(=O)Cl)cc1C(=O)Cl. The topological polar surface area (TPSA) is 60.4 Å². The lowest BCUT2D eigenvalue weighted by molar-refractivity contribution is 0.107. The van der Waals surface area contributed by atoms with Crippen LogP contribution in [0.2, 0.25) is 0 Å². The second kappa shape index (κ2) is 5.30. The van der Waals surface area contributed by atoms with Crippen molar-refractivity contribution in [2.45, 2.75) is 0 Å². The fourth-order valence-corrected chi connectivity index (χ4v) is 1.33. The van der Waals surface area contributed by atoms with E-state index in [2.05, 4.69) is 4.74 Å². The van der Waals surface area contributed by atoms with Crippen LogP contribution in [0, 0.1) is 0 Å². The van der Waals surface area contributed by atoms with Crippen molar-refractivity contribution >= 4 is 50.7 Å². The molecule has 1 aromatic rings. The number of halogens is 3. The smallest absolute Gasteiger partial charge is 0.409 e. The van der Waals surface area contributed by atoms with Crippen LogP contribution < -0.4 is 4.74 Å². The third-order valence-corrected chi connectivity index (χ3v) is 2.11. The minimum atomic E-state index is -1.12. The zero-order valence-electron chi connectivity index (χ0n) is 7.50. The highest BCUT2D eigenvalue weighted by Gasteiger charge is 2.15. The number of carbonyl (C=O) groups excluding carboxylic acids is 3. The molecule has 0 heterocycles. The van der Waals surface area contributed by atoms with Gasteiger partial charge < -0.3 is 4.74 Å². The van der Waals surface area contributed by atoms with E-state index in [1.54, 1.807) is 0 Å². The van der Waals surface area contributed by atoms with Crippen molar-refractivity contribution < 1.29 is 19.1 Å². The fourth-order valence-electron chi connectivity index (χ4n) is 0.981. The fraction of sp³-hybridized carbons (Fsp3) is 0. The van der Waals surface area contributed by atoms with Crippen LogP contribution >= 0.6 is 34.8 Å². The Morgan fingerprint density at radius 1 is 1.00 bits per heavy atom. The van der Waals surface area contributed by atoms with E-state index in [4.69, 9.17) is 34.8 Å². The van der Waals surface area contributed by atoms with E-state index in [0.717, 1.165) is 6.07 Å². The van der Waals surface area contributed by atoms with E-state index in [9.17, 15) is 14.4 Å². The van der Waals surface area contributed by atoms with Crippen molar-refractivity contribution in [3.05, 3.63) is 29.3 Å². The number of ether oxygens (including phenoxy) is 1. The summed E-state index contributed by atoms with van der Waals surface area (Å²) in [6.45, 7) is 0. The monoisotopic (exact) mass is 280 g/mol. The lowest BCUT2D eigenvalue weighted by Crippen LogP contribution is -2.03. The first-order valence-electron chi connectivity index (χ1n) is 3.83. The first-order valence-corrected chi connectivity index (χ1v) is 4.96. The molecule has 0 aliphatic heterocycles. The lowest BCUT2D eigenvalue weighted by atomic mass is 10.1. The molecule has 84 valence electrons. The molecule has 0 unspecified atom stereocenters. The van der Waals surface area contributed by atoms with Gasteiger partial charge in [-0.1, -0.05) is 0 Å². The Balaban J connectivity index is 3.24. The molecular weight excluding hydrogens is 278 g/mol. The Hall–Kier alpha value is -1.10. The van der Waals surface area contributed by atoms with Crippen molar-refractivity contribution in [1.82, 2.24) is 0 Å². The predicted octanol–water partition coefficient (Wildman–Crippen LogP) is 3.18. The Morgan fingerprint density at radius 2 is 1.62 bits per heavy atom. The maximum atomic E-state index is 11.0. The Labute approximate surface area is 105 Å². The van der Waals surface area contributed by atoms with Crippen LogP contribution in [-0.4, -0.2) is 15.9 Å². The van der Waals surface area contributed by atoms with E-state index in [1.807, 2.05) is 0 Å². The van der Waals surface area contributed by atoms with Gasteiger partial charge >= 0.3 is 5.43 Å². The van der Waals surface area contributed by atoms with E-state index in [0.29, 0.717) is 0 Å². The molecule has 1 aromatic carbocycles. The summed E-state index contributed by atoms with van der Waals surface area (Å²) < 4.78 is 4.51. The summed E-state index contributed by atoms with van der Waals surface area (Å²) >= 11 is 15.4. The molecule has 0 amide bonds. The molecule has 1 rings (SSSR count). The van der Waals surface area contributed by atoms with Crippen LogP contribution in [0.15, 0.2) is 18.2 Å². The molecule has 0 fully saturated rings. The second-order valence-electron chi connectivity index (χ2n) is 2.60. The third-order valence-electron chi connectivity index (χ3n) is 1.61. The Morgan fingerprint density at radius 3 is 2.06 bits per heavy atom. The first-order chi connectivity index (χ1) is 7.41. The molecule has 16 heavy (non-hydrogen) atoms. The summed E-state index contributed by atoms with van der Waals surface area (Å²) in [4.78, 5) is 32.3. The van der Waals surface area contributed by atoms with Gasteiger partial charge in [-0.2, -0.15) is 0 Å². The lowest BCUT2D eigenvalue weighted by Gasteiger charge is -2.05. The molecule has 0 saturated heterocycles. The van der Waals surface area contributed by atoms with Gasteiger partial charge in [0.1, 0.15) is 5.75 Å². The average Bonchev–Trinajstić information content (AvgIpc) is 2.16. The summed E-state index contributed by atoms with van der Waals surface area (Å²) in [6, 6.07) is 3.58. The molecule has 0 radical (unpaired) electrons. The van der Waals surface area contributed by atoms with Crippen LogP contribution in [-0.2, 0) is 0 Å². The van der Waals surface area contributed by atoms with Crippen molar-refractivity contribution in [3.63, 3.8) is 0 Å². The Kier molecular flexibility index (Phi) is 4.29. The molecule has 0 aromatic heterocycles. The molecule has 0 saturated carbocycles. The Bertz CT molecular complexity index is 470. The summed E-state index contributed by atoms with van der Waals surface area (Å²) in [5, 5.41) is -1.66. The summed E-state index contributed by atoms with van der Waals surface area (Å²) in [5.41, 5.74) is -1.23. The van der Waals surface area contributed by atoms with Gasteiger partial charge in [-0.05, 0) is 41.4 Å². The summed E-state index contributed by atoms with van der Waals surface area (Å²) in [6.07, 6.45) is 0. The van der Waals surface area contributed by atoms with Gasteiger partial charge in [0.15, 0.2) is 0 Å². The first kappa shape index (κ1) is 13.0. The van der Waals surface area contributed by atoms with Gasteiger partial charge in [0.25, 0.3) is 10.5 Å². The van der Waals surface area contributed by atoms with Gasteiger partial charge in [-0.15, -0.1) is 0 Å². The van der Waals surface area contributed by atoms with E-state index in [-0.39, 0.29) is 16.9 Å². The molecule has 4 nitrogen and oxygen atoms in total. The van der Waals surface area contributed by atoms with Gasteiger partial charge in [0.05, 0.1) is 5.56 Å². The molecular formula is C9H3Cl3O4. The summed E-state index contributed by atoms with van der Waals surface area (Å²) in [7, 11) is 0. The van der Waals surface area contributed by atoms with Crippen molar-refractivity contribution in [1.29, 1.82) is 0 Å². The van der Waals surface area contributed by atoms with Gasteiger partial charge in [0, 0.05) is 17.2 Å². The maximum Gasteiger partial charge on any atom is 0.409 e. The molecule has 0 aliphatic carbocycles. The molecule has 7 heteroatoms. The van der Waals surface area contributed by atoms with Crippen molar-refractivity contribution in [2.75, 3.05) is 0 Å². The second-order valence-corrected chi connectivity index (χ2v) is 3.59. The highest BCUT2D eigenvalue weighted by Crippen LogP contribution is 2.23. The third kappa shape index (κ3) is 3.20. The van der Waals surface area contributed by atoms with Crippen LogP contribution in [0.25, 0.3) is 0 Å². The number of rotatable bonds is 3. The maximum absolute atomic E-state index is 11.0. The van der Waals surface area contributed by atoms with Gasteiger partial charge in [-0.3, -0.25) is 9.59 Å². The number of hydrogen-bond donors (Lipinski definition) is 0. The molecule has 0 N–H and O–H groups in total. The molecule has 0 aliphatic rings. The highest BCUT2D eigenvalue weighted by molar-refractivity contribution is 6.69. The number of benzene rings is 1. The van der Waals surface area contributed by atoms with Crippen LogP contribution in [0.5, 0.6) is 5.75 Å². The van der Waals surface area contributed by atoms with E-state index < -0.39 is 15.9 Å². The van der Waals surface area contributed by atoms with Gasteiger partial charge in [0.2, 0.25) is 0 Å². The van der Waals surface area contributed by atoms with Crippen LogP contribution in [0.1, 0.15) is 20.7 Å². The van der Waals surface area contributed by atoms with Gasteiger partial charge in [-0.25, -0.2) is 4.79 Å². The highest BCUT2D eigenvalue weighted by atomic mass is 35.5. The molecule has 0 bridgehead atoms. The quantitative estimate of drug-likeness (QED) is 0.798. The standard InChI is InChI=1S/C9H3Cl3O4/c10-7(13)4-1-2-6(16-9(12)15)5(3-4)8(11)14/h1-3H. The zero-order chi connectivity index (χ0) is 12.3. The van der Waals surface area contributed by atoms with Crippen molar-refractivity contribution in [3.8, 4) is 5.75 Å². The number of hydrogen-bond acceptors (Lipinski definition) is 4. The van der Waals surface area contributed by atoms with Crippen LogP contribution in [0.4, 0.5) is 4.79 Å². The summed E-state index contributed by atoms with van der Waals surface area (Å²) in [5.74, 6) is -0.137. The van der Waals surface area contributed by atoms with E-state index >= 15 is 0 Å². The predicted molar refractivity (Wildman–Crippen MR) is 58.7 cm³/mol. The normalized spacial score (nSPS) is 9.69. The number of carbonyl (C=O) groups is 3. The van der Waals surface area contributed by atoms with Crippen LogP contribution in [0.3, 0.4) is 0 Å². The minimum Gasteiger partial charge on any atom is -0.414 e. The minimum absolute atomic E-state index is 0.0556. The van der Waals surface area contributed by atoms with E-state index in [1.165, 1.54) is 12.1 Å². The van der Waals surface area contributed by atoms with Crippen molar-refractivity contribution in [2.24, 2.45) is 0 Å².